The van der Waals surface area contributed by atoms with E-state index in [-0.39, 0.29) is 6.04 Å². The van der Waals surface area contributed by atoms with Gasteiger partial charge in [-0.15, -0.1) is 0 Å². The van der Waals surface area contributed by atoms with Gasteiger partial charge < -0.3 is 10.1 Å². The molecule has 1 unspecified atom stereocenters. The highest BCUT2D eigenvalue weighted by atomic mass is 16.5. The molecule has 2 rings (SSSR count). The number of rotatable bonds is 6. The van der Waals surface area contributed by atoms with Crippen LogP contribution in [-0.2, 0) is 6.54 Å². The number of nitriles is 1. The van der Waals surface area contributed by atoms with Gasteiger partial charge in [0.2, 0.25) is 0 Å². The lowest BCUT2D eigenvalue weighted by atomic mass is 10.1. The Bertz CT molecular complexity index is 597. The molecule has 2 aromatic carbocycles. The standard InChI is InChI=1S/C18H20N2O/c1-3-21-18-10-8-17(9-11-18)14(2)20-13-16-6-4-15(12-19)5-7-16/h4-11,14,20H,3,13H2,1-2H3. The molecule has 0 saturated carbocycles. The van der Waals surface area contributed by atoms with E-state index in [1.807, 2.05) is 43.3 Å². The fourth-order valence-electron chi connectivity index (χ4n) is 2.11. The molecule has 3 nitrogen and oxygen atoms in total. The van der Waals surface area contributed by atoms with Crippen LogP contribution in [0.5, 0.6) is 5.75 Å². The lowest BCUT2D eigenvalue weighted by molar-refractivity contribution is 0.340. The Kier molecular flexibility index (Phi) is 5.36. The van der Waals surface area contributed by atoms with Crippen molar-refractivity contribution in [2.75, 3.05) is 6.61 Å². The highest BCUT2D eigenvalue weighted by Gasteiger charge is 2.05. The smallest absolute Gasteiger partial charge is 0.119 e. The van der Waals surface area contributed by atoms with E-state index in [9.17, 15) is 0 Å². The molecule has 0 aliphatic rings. The van der Waals surface area contributed by atoms with E-state index in [0.29, 0.717) is 12.2 Å². The quantitative estimate of drug-likeness (QED) is 0.875. The molecule has 0 bridgehead atoms. The van der Waals surface area contributed by atoms with Crippen LogP contribution in [0.1, 0.15) is 36.6 Å². The van der Waals surface area contributed by atoms with Gasteiger partial charge in [0, 0.05) is 12.6 Å². The lowest BCUT2D eigenvalue weighted by Gasteiger charge is -2.15. The van der Waals surface area contributed by atoms with Crippen LogP contribution in [0.4, 0.5) is 0 Å². The molecule has 0 heterocycles. The summed E-state index contributed by atoms with van der Waals surface area (Å²) in [7, 11) is 0. The van der Waals surface area contributed by atoms with Crippen molar-refractivity contribution in [1.82, 2.24) is 5.32 Å². The summed E-state index contributed by atoms with van der Waals surface area (Å²) in [4.78, 5) is 0. The van der Waals surface area contributed by atoms with Gasteiger partial charge in [-0.1, -0.05) is 24.3 Å². The minimum Gasteiger partial charge on any atom is -0.494 e. The highest BCUT2D eigenvalue weighted by molar-refractivity contribution is 5.32. The van der Waals surface area contributed by atoms with E-state index in [1.165, 1.54) is 11.1 Å². The zero-order valence-corrected chi connectivity index (χ0v) is 12.5. The van der Waals surface area contributed by atoms with Gasteiger partial charge in [-0.05, 0) is 49.2 Å². The van der Waals surface area contributed by atoms with Crippen LogP contribution < -0.4 is 10.1 Å². The fraction of sp³-hybridized carbons (Fsp3) is 0.278. The largest absolute Gasteiger partial charge is 0.494 e. The topological polar surface area (TPSA) is 45.0 Å². The van der Waals surface area contributed by atoms with Crippen molar-refractivity contribution < 1.29 is 4.74 Å². The van der Waals surface area contributed by atoms with Crippen LogP contribution in [0, 0.1) is 11.3 Å². The first-order chi connectivity index (χ1) is 10.2. The fourth-order valence-corrected chi connectivity index (χ4v) is 2.11. The van der Waals surface area contributed by atoms with E-state index in [4.69, 9.17) is 10.00 Å². The van der Waals surface area contributed by atoms with Crippen molar-refractivity contribution in [1.29, 1.82) is 5.26 Å². The summed E-state index contributed by atoms with van der Waals surface area (Å²) in [5.41, 5.74) is 3.09. The zero-order chi connectivity index (χ0) is 15.1. The van der Waals surface area contributed by atoms with E-state index in [0.717, 1.165) is 12.3 Å². The molecular formula is C18H20N2O. The Morgan fingerprint density at radius 3 is 2.33 bits per heavy atom. The van der Waals surface area contributed by atoms with E-state index in [2.05, 4.69) is 30.4 Å². The van der Waals surface area contributed by atoms with Crippen LogP contribution >= 0.6 is 0 Å². The van der Waals surface area contributed by atoms with Crippen molar-refractivity contribution >= 4 is 0 Å². The molecule has 0 aliphatic carbocycles. The van der Waals surface area contributed by atoms with Gasteiger partial charge in [0.15, 0.2) is 0 Å². The lowest BCUT2D eigenvalue weighted by Crippen LogP contribution is -2.18. The minimum atomic E-state index is 0.260. The van der Waals surface area contributed by atoms with Gasteiger partial charge in [0.05, 0.1) is 18.2 Å². The molecule has 1 atom stereocenters. The third-order valence-electron chi connectivity index (χ3n) is 3.39. The van der Waals surface area contributed by atoms with Crippen LogP contribution in [0.25, 0.3) is 0 Å². The summed E-state index contributed by atoms with van der Waals surface area (Å²) < 4.78 is 5.44. The van der Waals surface area contributed by atoms with Gasteiger partial charge >= 0.3 is 0 Å². The Labute approximate surface area is 126 Å². The SMILES string of the molecule is CCOc1ccc(C(C)NCc2ccc(C#N)cc2)cc1. The summed E-state index contributed by atoms with van der Waals surface area (Å²) in [6.07, 6.45) is 0. The number of ether oxygens (including phenoxy) is 1. The van der Waals surface area contributed by atoms with Crippen molar-refractivity contribution in [3.63, 3.8) is 0 Å². The first-order valence-electron chi connectivity index (χ1n) is 7.18. The second-order valence-corrected chi connectivity index (χ2v) is 4.91. The molecular weight excluding hydrogens is 260 g/mol. The Morgan fingerprint density at radius 1 is 1.10 bits per heavy atom. The van der Waals surface area contributed by atoms with Gasteiger partial charge in [-0.3, -0.25) is 0 Å². The second-order valence-electron chi connectivity index (χ2n) is 4.91. The average Bonchev–Trinajstić information content (AvgIpc) is 2.54. The van der Waals surface area contributed by atoms with Crippen molar-refractivity contribution in [3.8, 4) is 11.8 Å². The summed E-state index contributed by atoms with van der Waals surface area (Å²) in [6, 6.07) is 18.2. The predicted molar refractivity (Wildman–Crippen MR) is 84.0 cm³/mol. The van der Waals surface area contributed by atoms with Gasteiger partial charge in [0.25, 0.3) is 0 Å². The summed E-state index contributed by atoms with van der Waals surface area (Å²) >= 11 is 0. The molecule has 0 aromatic heterocycles. The highest BCUT2D eigenvalue weighted by Crippen LogP contribution is 2.18. The maximum Gasteiger partial charge on any atom is 0.119 e. The van der Waals surface area contributed by atoms with Gasteiger partial charge in [-0.2, -0.15) is 5.26 Å². The molecule has 108 valence electrons. The third-order valence-corrected chi connectivity index (χ3v) is 3.39. The molecule has 0 radical (unpaired) electrons. The Balaban J connectivity index is 1.91. The summed E-state index contributed by atoms with van der Waals surface area (Å²) in [5, 5.41) is 12.3. The number of benzene rings is 2. The predicted octanol–water partition coefficient (Wildman–Crippen LogP) is 3.81. The van der Waals surface area contributed by atoms with Gasteiger partial charge in [0.1, 0.15) is 5.75 Å². The summed E-state index contributed by atoms with van der Waals surface area (Å²) in [6.45, 7) is 5.58. The normalized spacial score (nSPS) is 11.7. The first-order valence-corrected chi connectivity index (χ1v) is 7.18. The van der Waals surface area contributed by atoms with Crippen LogP contribution in [0.15, 0.2) is 48.5 Å². The molecule has 1 N–H and O–H groups in total. The summed E-state index contributed by atoms with van der Waals surface area (Å²) in [5.74, 6) is 0.903. The number of hydrogen-bond donors (Lipinski definition) is 1. The van der Waals surface area contributed by atoms with Crippen molar-refractivity contribution in [3.05, 3.63) is 65.2 Å². The zero-order valence-electron chi connectivity index (χ0n) is 12.5. The number of nitrogens with one attached hydrogen (secondary N) is 1. The van der Waals surface area contributed by atoms with Crippen molar-refractivity contribution in [2.45, 2.75) is 26.4 Å². The second kappa shape index (κ2) is 7.47. The molecule has 0 aliphatic heterocycles. The van der Waals surface area contributed by atoms with E-state index >= 15 is 0 Å². The molecule has 0 amide bonds. The number of nitrogens with zero attached hydrogens (tertiary/aromatic N) is 1. The van der Waals surface area contributed by atoms with E-state index in [1.54, 1.807) is 0 Å². The van der Waals surface area contributed by atoms with Gasteiger partial charge in [-0.25, -0.2) is 0 Å². The first kappa shape index (κ1) is 15.1. The van der Waals surface area contributed by atoms with E-state index < -0.39 is 0 Å². The molecule has 0 fully saturated rings. The molecule has 2 aromatic rings. The molecule has 0 saturated heterocycles. The minimum absolute atomic E-state index is 0.260. The Hall–Kier alpha value is -2.31. The number of hydrogen-bond acceptors (Lipinski definition) is 3. The maximum atomic E-state index is 8.78. The average molecular weight is 280 g/mol. The molecule has 0 spiro atoms. The molecule has 3 heteroatoms. The van der Waals surface area contributed by atoms with Crippen LogP contribution in [0.3, 0.4) is 0 Å². The van der Waals surface area contributed by atoms with Crippen LogP contribution in [0.2, 0.25) is 0 Å². The van der Waals surface area contributed by atoms with Crippen molar-refractivity contribution in [2.24, 2.45) is 0 Å². The van der Waals surface area contributed by atoms with Crippen LogP contribution in [-0.4, -0.2) is 6.61 Å². The third kappa shape index (κ3) is 4.34. The monoisotopic (exact) mass is 280 g/mol. The Morgan fingerprint density at radius 2 is 1.76 bits per heavy atom. The molecule has 21 heavy (non-hydrogen) atoms. The maximum absolute atomic E-state index is 8.78.